The van der Waals surface area contributed by atoms with Gasteiger partial charge in [0.1, 0.15) is 16.0 Å². The zero-order valence-electron chi connectivity index (χ0n) is 17.8. The number of hydrogen-bond acceptors (Lipinski definition) is 4. The molecular formula is C25H20BrCl2NO5. The smallest absolute Gasteiger partial charge is 0.311 e. The van der Waals surface area contributed by atoms with E-state index in [1.165, 1.54) is 0 Å². The van der Waals surface area contributed by atoms with Gasteiger partial charge in [-0.1, -0.05) is 41.9 Å². The molecule has 0 radical (unpaired) electrons. The molecular weight excluding hydrogens is 545 g/mol. The van der Waals surface area contributed by atoms with E-state index in [1.807, 2.05) is 30.3 Å². The van der Waals surface area contributed by atoms with Crippen LogP contribution in [-0.2, 0) is 11.2 Å². The monoisotopic (exact) mass is 563 g/mol. The Morgan fingerprint density at radius 3 is 2.53 bits per heavy atom. The minimum atomic E-state index is -0.932. The van der Waals surface area contributed by atoms with E-state index in [4.69, 9.17) is 32.9 Å². The van der Waals surface area contributed by atoms with Gasteiger partial charge < -0.3 is 14.6 Å². The Bertz CT molecular complexity index is 1200. The molecule has 4 rings (SSSR count). The van der Waals surface area contributed by atoms with Crippen molar-refractivity contribution in [2.24, 2.45) is 0 Å². The molecule has 3 aromatic rings. The first-order valence-corrected chi connectivity index (χ1v) is 12.0. The van der Waals surface area contributed by atoms with Gasteiger partial charge in [0, 0.05) is 29.4 Å². The van der Waals surface area contributed by atoms with Gasteiger partial charge in [0.2, 0.25) is 0 Å². The summed E-state index contributed by atoms with van der Waals surface area (Å²) in [6, 6.07) is 17.9. The van der Waals surface area contributed by atoms with Gasteiger partial charge in [0.25, 0.3) is 5.91 Å². The molecule has 1 N–H and O–H groups in total. The lowest BCUT2D eigenvalue weighted by atomic mass is 9.93. The van der Waals surface area contributed by atoms with Gasteiger partial charge in [0.05, 0.1) is 17.5 Å². The highest BCUT2D eigenvalue weighted by atomic mass is 79.9. The van der Waals surface area contributed by atoms with Gasteiger partial charge in [-0.2, -0.15) is 0 Å². The normalized spacial score (nSPS) is 14.6. The van der Waals surface area contributed by atoms with Crippen molar-refractivity contribution in [2.75, 3.05) is 13.2 Å². The van der Waals surface area contributed by atoms with Crippen molar-refractivity contribution in [1.82, 2.24) is 4.42 Å². The van der Waals surface area contributed by atoms with Crippen molar-refractivity contribution in [1.29, 1.82) is 0 Å². The van der Waals surface area contributed by atoms with Crippen molar-refractivity contribution in [3.8, 4) is 17.2 Å². The average molecular weight is 565 g/mol. The Kier molecular flexibility index (Phi) is 7.66. The van der Waals surface area contributed by atoms with Crippen molar-refractivity contribution in [2.45, 2.75) is 18.8 Å². The first-order valence-electron chi connectivity index (χ1n) is 10.5. The molecule has 176 valence electrons. The van der Waals surface area contributed by atoms with Crippen molar-refractivity contribution >= 4 is 51.2 Å². The number of fused-ring (bicyclic) bond motifs is 1. The summed E-state index contributed by atoms with van der Waals surface area (Å²) in [5.74, 6) is -0.801. The van der Waals surface area contributed by atoms with Crippen LogP contribution in [0.4, 0.5) is 0 Å². The van der Waals surface area contributed by atoms with Gasteiger partial charge in [-0.25, -0.2) is 0 Å². The first kappa shape index (κ1) is 24.4. The van der Waals surface area contributed by atoms with Crippen LogP contribution in [0, 0.1) is 0 Å². The number of amides is 1. The van der Waals surface area contributed by atoms with E-state index in [9.17, 15) is 14.7 Å². The lowest BCUT2D eigenvalue weighted by Crippen LogP contribution is -2.23. The van der Waals surface area contributed by atoms with Crippen molar-refractivity contribution in [3.05, 3.63) is 86.8 Å². The Morgan fingerprint density at radius 2 is 1.85 bits per heavy atom. The predicted octanol–water partition coefficient (Wildman–Crippen LogP) is 6.68. The SMILES string of the molecule is O=C(O)C1CCOc2c1cc(Cl)c(Oc1ccc(C(=O)N(Cl)CCc3ccccc3)cc1)c2Br. The molecule has 1 aliphatic rings. The number of carbonyl (C=O) groups is 2. The highest BCUT2D eigenvalue weighted by Gasteiger charge is 2.31. The number of rotatable bonds is 7. The second-order valence-corrected chi connectivity index (χ2v) is 9.31. The van der Waals surface area contributed by atoms with Gasteiger partial charge in [-0.3, -0.25) is 14.0 Å². The molecule has 3 aromatic carbocycles. The maximum absolute atomic E-state index is 12.7. The van der Waals surface area contributed by atoms with E-state index in [0.717, 1.165) is 9.98 Å². The fourth-order valence-electron chi connectivity index (χ4n) is 3.69. The second-order valence-electron chi connectivity index (χ2n) is 7.70. The predicted molar refractivity (Wildman–Crippen MR) is 133 cm³/mol. The summed E-state index contributed by atoms with van der Waals surface area (Å²) in [5.41, 5.74) is 2.01. The molecule has 0 saturated carbocycles. The summed E-state index contributed by atoms with van der Waals surface area (Å²) in [4.78, 5) is 24.2. The molecule has 0 aliphatic carbocycles. The highest BCUT2D eigenvalue weighted by molar-refractivity contribution is 9.10. The number of hydrogen-bond donors (Lipinski definition) is 1. The Labute approximate surface area is 215 Å². The third-order valence-corrected chi connectivity index (χ3v) is 6.79. The number of halogens is 3. The summed E-state index contributed by atoms with van der Waals surface area (Å²) in [7, 11) is 0. The molecule has 34 heavy (non-hydrogen) atoms. The van der Waals surface area contributed by atoms with Crippen LogP contribution in [-0.4, -0.2) is 34.6 Å². The minimum absolute atomic E-state index is 0.246. The number of aliphatic carboxylic acids is 1. The molecule has 0 spiro atoms. The number of carbonyl (C=O) groups excluding carboxylic acids is 1. The van der Waals surface area contributed by atoms with Crippen LogP contribution < -0.4 is 9.47 Å². The summed E-state index contributed by atoms with van der Waals surface area (Å²) in [6.07, 6.45) is 1.01. The number of carboxylic acid groups (broad SMARTS) is 1. The molecule has 0 fully saturated rings. The van der Waals surface area contributed by atoms with Crippen LogP contribution in [0.25, 0.3) is 0 Å². The van der Waals surface area contributed by atoms with Crippen molar-refractivity contribution < 1.29 is 24.2 Å². The van der Waals surface area contributed by atoms with Gasteiger partial charge in [-0.15, -0.1) is 0 Å². The highest BCUT2D eigenvalue weighted by Crippen LogP contribution is 2.48. The van der Waals surface area contributed by atoms with Crippen molar-refractivity contribution in [3.63, 3.8) is 0 Å². The summed E-state index contributed by atoms with van der Waals surface area (Å²) >= 11 is 16.1. The molecule has 6 nitrogen and oxygen atoms in total. The molecule has 0 saturated heterocycles. The third kappa shape index (κ3) is 5.32. The van der Waals surface area contributed by atoms with Crippen LogP contribution in [0.5, 0.6) is 17.2 Å². The first-order chi connectivity index (χ1) is 16.3. The van der Waals surface area contributed by atoms with Crippen LogP contribution in [0.1, 0.15) is 33.8 Å². The Hall–Kier alpha value is -2.74. The molecule has 1 heterocycles. The van der Waals surface area contributed by atoms with Crippen LogP contribution in [0.15, 0.2) is 65.1 Å². The topological polar surface area (TPSA) is 76.1 Å². The van der Waals surface area contributed by atoms with Gasteiger partial charge in [-0.05, 0) is 64.7 Å². The quantitative estimate of drug-likeness (QED) is 0.324. The number of carboxylic acids is 1. The maximum atomic E-state index is 12.7. The minimum Gasteiger partial charge on any atom is -0.492 e. The fraction of sp³-hybridized carbons (Fsp3) is 0.200. The third-order valence-electron chi connectivity index (χ3n) is 5.47. The number of nitrogens with zero attached hydrogens (tertiary/aromatic N) is 1. The molecule has 1 aliphatic heterocycles. The fourth-order valence-corrected chi connectivity index (χ4v) is 4.87. The van der Waals surface area contributed by atoms with E-state index < -0.39 is 11.9 Å². The maximum Gasteiger partial charge on any atom is 0.311 e. The second kappa shape index (κ2) is 10.7. The lowest BCUT2D eigenvalue weighted by molar-refractivity contribution is -0.139. The molecule has 0 bridgehead atoms. The molecule has 1 amide bonds. The van der Waals surface area contributed by atoms with Crippen LogP contribution >= 0.6 is 39.3 Å². The lowest BCUT2D eigenvalue weighted by Gasteiger charge is -2.25. The largest absolute Gasteiger partial charge is 0.492 e. The summed E-state index contributed by atoms with van der Waals surface area (Å²) in [5, 5.41) is 9.73. The molecule has 1 atom stereocenters. The molecule has 9 heteroatoms. The van der Waals surface area contributed by atoms with E-state index in [1.54, 1.807) is 30.3 Å². The van der Waals surface area contributed by atoms with E-state index in [-0.39, 0.29) is 17.5 Å². The number of benzene rings is 3. The Balaban J connectivity index is 1.46. The van der Waals surface area contributed by atoms with Crippen LogP contribution in [0.3, 0.4) is 0 Å². The van der Waals surface area contributed by atoms with E-state index >= 15 is 0 Å². The molecule has 1 unspecified atom stereocenters. The molecule has 0 aromatic heterocycles. The standard InChI is InChI=1S/C25H20BrCl2NO5/c26-21-22-19(18(25(31)32)11-13-33-22)14-20(27)23(21)34-17-8-6-16(7-9-17)24(30)29(28)12-10-15-4-2-1-3-5-15/h1-9,14,18H,10-13H2,(H,31,32). The zero-order chi connectivity index (χ0) is 24.2. The zero-order valence-corrected chi connectivity index (χ0v) is 20.9. The van der Waals surface area contributed by atoms with Crippen LogP contribution in [0.2, 0.25) is 5.02 Å². The van der Waals surface area contributed by atoms with E-state index in [0.29, 0.717) is 52.2 Å². The number of ether oxygens (including phenoxy) is 2. The summed E-state index contributed by atoms with van der Waals surface area (Å²) in [6.45, 7) is 0.650. The van der Waals surface area contributed by atoms with Gasteiger partial charge >= 0.3 is 5.97 Å². The summed E-state index contributed by atoms with van der Waals surface area (Å²) < 4.78 is 13.2. The average Bonchev–Trinajstić information content (AvgIpc) is 2.85. The van der Waals surface area contributed by atoms with E-state index in [2.05, 4.69) is 15.9 Å². The Morgan fingerprint density at radius 1 is 1.15 bits per heavy atom. The van der Waals surface area contributed by atoms with Gasteiger partial charge in [0.15, 0.2) is 5.75 Å².